The third-order valence-electron chi connectivity index (χ3n) is 4.37. The van der Waals surface area contributed by atoms with Crippen LogP contribution in [-0.2, 0) is 14.4 Å². The molecular formula is C15H18ClN5O3. The number of amides is 3. The van der Waals surface area contributed by atoms with E-state index in [0.29, 0.717) is 37.0 Å². The van der Waals surface area contributed by atoms with E-state index in [0.717, 1.165) is 0 Å². The van der Waals surface area contributed by atoms with Crippen LogP contribution in [0.5, 0.6) is 0 Å². The first kappa shape index (κ1) is 16.7. The number of pyridine rings is 1. The first-order valence-electron chi connectivity index (χ1n) is 7.71. The topological polar surface area (TPSA) is 94.6 Å². The Kier molecular flexibility index (Phi) is 4.68. The molecular weight excluding hydrogens is 334 g/mol. The number of fused-ring (bicyclic) bond motifs is 1. The SMILES string of the molecule is C[C@H](C(=O)Nc1ccc(Cl)cn1)N1CCN2C(=O)C(=O)NC[C@H]2C1. The fourth-order valence-corrected chi connectivity index (χ4v) is 3.05. The Bertz CT molecular complexity index is 666. The van der Waals surface area contributed by atoms with Gasteiger partial charge < -0.3 is 15.5 Å². The Morgan fingerprint density at radius 1 is 1.42 bits per heavy atom. The minimum absolute atomic E-state index is 0.104. The monoisotopic (exact) mass is 351 g/mol. The predicted molar refractivity (Wildman–Crippen MR) is 87.4 cm³/mol. The summed E-state index contributed by atoms with van der Waals surface area (Å²) in [6.07, 6.45) is 1.47. The van der Waals surface area contributed by atoms with Crippen molar-refractivity contribution in [2.75, 3.05) is 31.5 Å². The molecule has 2 aliphatic rings. The maximum Gasteiger partial charge on any atom is 0.312 e. The molecule has 0 aromatic carbocycles. The molecule has 1 aromatic heterocycles. The molecule has 0 aliphatic carbocycles. The fourth-order valence-electron chi connectivity index (χ4n) is 2.94. The van der Waals surface area contributed by atoms with Crippen molar-refractivity contribution in [2.45, 2.75) is 19.0 Å². The molecule has 9 heteroatoms. The van der Waals surface area contributed by atoms with Crippen LogP contribution in [0.1, 0.15) is 6.92 Å². The number of nitrogens with zero attached hydrogens (tertiary/aromatic N) is 3. The number of hydrogen-bond acceptors (Lipinski definition) is 5. The van der Waals surface area contributed by atoms with Gasteiger partial charge in [0.15, 0.2) is 0 Å². The standard InChI is InChI=1S/C15H18ClN5O3/c1-9(13(22)19-12-3-2-10(16)6-17-12)20-4-5-21-11(8-20)7-18-14(23)15(21)24/h2-3,6,9,11H,4-5,7-8H2,1H3,(H,18,23)(H,17,19,22)/t9-,11+/m1/s1. The smallest absolute Gasteiger partial charge is 0.312 e. The second-order valence-corrected chi connectivity index (χ2v) is 6.32. The lowest BCUT2D eigenvalue weighted by Gasteiger charge is -2.44. The summed E-state index contributed by atoms with van der Waals surface area (Å²) in [5.41, 5.74) is 0. The van der Waals surface area contributed by atoms with Crippen molar-refractivity contribution < 1.29 is 14.4 Å². The molecule has 3 rings (SSSR count). The molecule has 2 saturated heterocycles. The summed E-state index contributed by atoms with van der Waals surface area (Å²) in [4.78, 5) is 43.3. The summed E-state index contributed by atoms with van der Waals surface area (Å²) in [5, 5.41) is 5.84. The molecule has 3 amide bonds. The van der Waals surface area contributed by atoms with Crippen molar-refractivity contribution in [1.29, 1.82) is 0 Å². The van der Waals surface area contributed by atoms with E-state index in [9.17, 15) is 14.4 Å². The quantitative estimate of drug-likeness (QED) is 0.729. The minimum Gasteiger partial charge on any atom is -0.346 e. The van der Waals surface area contributed by atoms with E-state index in [-0.39, 0.29) is 18.0 Å². The highest BCUT2D eigenvalue weighted by molar-refractivity contribution is 6.35. The van der Waals surface area contributed by atoms with E-state index in [2.05, 4.69) is 15.6 Å². The number of carbonyl (C=O) groups excluding carboxylic acids is 3. The van der Waals surface area contributed by atoms with Crippen LogP contribution in [0.15, 0.2) is 18.3 Å². The number of carbonyl (C=O) groups is 3. The number of halogens is 1. The van der Waals surface area contributed by atoms with E-state index in [1.807, 2.05) is 11.8 Å². The van der Waals surface area contributed by atoms with Gasteiger partial charge in [0.25, 0.3) is 0 Å². The summed E-state index contributed by atoms with van der Waals surface area (Å²) < 4.78 is 0. The highest BCUT2D eigenvalue weighted by Crippen LogP contribution is 2.16. The van der Waals surface area contributed by atoms with Crippen LogP contribution < -0.4 is 10.6 Å². The molecule has 8 nitrogen and oxygen atoms in total. The van der Waals surface area contributed by atoms with Crippen LogP contribution in [0, 0.1) is 0 Å². The molecule has 0 unspecified atom stereocenters. The second-order valence-electron chi connectivity index (χ2n) is 5.88. The zero-order valence-electron chi connectivity index (χ0n) is 13.2. The van der Waals surface area contributed by atoms with Gasteiger partial charge in [-0.25, -0.2) is 4.98 Å². The Morgan fingerprint density at radius 3 is 2.92 bits per heavy atom. The van der Waals surface area contributed by atoms with Gasteiger partial charge in [-0.05, 0) is 19.1 Å². The lowest BCUT2D eigenvalue weighted by Crippen LogP contribution is -2.66. The number of anilines is 1. The Balaban J connectivity index is 1.60. The predicted octanol–water partition coefficient (Wildman–Crippen LogP) is -0.295. The van der Waals surface area contributed by atoms with Crippen LogP contribution in [0.3, 0.4) is 0 Å². The zero-order valence-corrected chi connectivity index (χ0v) is 13.9. The first-order valence-corrected chi connectivity index (χ1v) is 8.09. The Morgan fingerprint density at radius 2 is 2.21 bits per heavy atom. The van der Waals surface area contributed by atoms with Crippen LogP contribution in [0.4, 0.5) is 5.82 Å². The molecule has 2 atom stereocenters. The van der Waals surface area contributed by atoms with Gasteiger partial charge in [0, 0.05) is 32.4 Å². The van der Waals surface area contributed by atoms with Gasteiger partial charge in [-0.2, -0.15) is 0 Å². The molecule has 1 aromatic rings. The van der Waals surface area contributed by atoms with Gasteiger partial charge in [-0.15, -0.1) is 0 Å². The van der Waals surface area contributed by atoms with Crippen LogP contribution in [-0.4, -0.2) is 70.8 Å². The number of hydrogen-bond donors (Lipinski definition) is 2. The van der Waals surface area contributed by atoms with Crippen molar-refractivity contribution in [1.82, 2.24) is 20.1 Å². The van der Waals surface area contributed by atoms with Crippen molar-refractivity contribution >= 4 is 35.1 Å². The molecule has 128 valence electrons. The molecule has 24 heavy (non-hydrogen) atoms. The number of aromatic nitrogens is 1. The fraction of sp³-hybridized carbons (Fsp3) is 0.467. The Labute approximate surface area is 144 Å². The summed E-state index contributed by atoms with van der Waals surface area (Å²) >= 11 is 5.77. The molecule has 2 aliphatic heterocycles. The maximum absolute atomic E-state index is 12.4. The van der Waals surface area contributed by atoms with Gasteiger partial charge in [0.1, 0.15) is 5.82 Å². The Hall–Kier alpha value is -2.19. The van der Waals surface area contributed by atoms with Gasteiger partial charge >= 0.3 is 11.8 Å². The van der Waals surface area contributed by atoms with Crippen LogP contribution in [0.25, 0.3) is 0 Å². The van der Waals surface area contributed by atoms with Crippen LogP contribution >= 0.6 is 11.6 Å². The second kappa shape index (κ2) is 6.74. The average Bonchev–Trinajstić information content (AvgIpc) is 2.59. The molecule has 0 bridgehead atoms. The van der Waals surface area contributed by atoms with Crippen LogP contribution in [0.2, 0.25) is 5.02 Å². The summed E-state index contributed by atoms with van der Waals surface area (Å²) in [6, 6.07) is 2.81. The lowest BCUT2D eigenvalue weighted by molar-refractivity contribution is -0.153. The number of rotatable bonds is 3. The number of piperazine rings is 2. The van der Waals surface area contributed by atoms with Gasteiger partial charge in [-0.3, -0.25) is 19.3 Å². The zero-order chi connectivity index (χ0) is 17.3. The van der Waals surface area contributed by atoms with E-state index >= 15 is 0 Å². The van der Waals surface area contributed by atoms with E-state index in [1.54, 1.807) is 17.0 Å². The van der Waals surface area contributed by atoms with Gasteiger partial charge in [-0.1, -0.05) is 11.6 Å². The normalized spacial score (nSPS) is 22.6. The maximum atomic E-state index is 12.4. The third kappa shape index (κ3) is 3.34. The molecule has 2 N–H and O–H groups in total. The van der Waals surface area contributed by atoms with E-state index in [4.69, 9.17) is 11.6 Å². The van der Waals surface area contributed by atoms with Gasteiger partial charge in [0.05, 0.1) is 17.1 Å². The highest BCUT2D eigenvalue weighted by Gasteiger charge is 2.39. The minimum atomic E-state index is -0.556. The molecule has 0 saturated carbocycles. The van der Waals surface area contributed by atoms with E-state index in [1.165, 1.54) is 6.20 Å². The molecule has 3 heterocycles. The highest BCUT2D eigenvalue weighted by atomic mass is 35.5. The summed E-state index contributed by atoms with van der Waals surface area (Å²) in [6.45, 7) is 3.73. The van der Waals surface area contributed by atoms with Crippen molar-refractivity contribution in [3.63, 3.8) is 0 Å². The van der Waals surface area contributed by atoms with Crippen molar-refractivity contribution in [3.05, 3.63) is 23.4 Å². The first-order chi connectivity index (χ1) is 11.5. The summed E-state index contributed by atoms with van der Waals surface area (Å²) in [5.74, 6) is -0.785. The lowest BCUT2D eigenvalue weighted by atomic mass is 10.1. The van der Waals surface area contributed by atoms with E-state index < -0.39 is 11.8 Å². The summed E-state index contributed by atoms with van der Waals surface area (Å²) in [7, 11) is 0. The van der Waals surface area contributed by atoms with Gasteiger partial charge in [0.2, 0.25) is 5.91 Å². The molecule has 0 radical (unpaired) electrons. The molecule has 2 fully saturated rings. The van der Waals surface area contributed by atoms with Crippen molar-refractivity contribution in [3.8, 4) is 0 Å². The van der Waals surface area contributed by atoms with Crippen molar-refractivity contribution in [2.24, 2.45) is 0 Å². The third-order valence-corrected chi connectivity index (χ3v) is 4.60. The average molecular weight is 352 g/mol. The largest absolute Gasteiger partial charge is 0.346 e. The molecule has 0 spiro atoms. The number of nitrogens with one attached hydrogen (secondary N) is 2.